The zero-order chi connectivity index (χ0) is 12.6. The van der Waals surface area contributed by atoms with Gasteiger partial charge in [-0.3, -0.25) is 4.57 Å². The lowest BCUT2D eigenvalue weighted by atomic mass is 10.1. The maximum absolute atomic E-state index is 11.5. The highest BCUT2D eigenvalue weighted by Crippen LogP contribution is 2.27. The second-order valence-corrected chi connectivity index (χ2v) is 3.77. The van der Waals surface area contributed by atoms with E-state index in [9.17, 15) is 15.0 Å². The molecule has 0 radical (unpaired) electrons. The van der Waals surface area contributed by atoms with Crippen molar-refractivity contribution in [1.82, 2.24) is 9.55 Å². The zero-order valence-electron chi connectivity index (χ0n) is 8.80. The molecule has 1 aromatic heterocycles. The van der Waals surface area contributed by atoms with E-state index < -0.39 is 36.8 Å². The van der Waals surface area contributed by atoms with Crippen molar-refractivity contribution in [3.8, 4) is 0 Å². The summed E-state index contributed by atoms with van der Waals surface area (Å²) in [5, 5.41) is 28.2. The summed E-state index contributed by atoms with van der Waals surface area (Å²) >= 11 is 0. The number of rotatable bonds is 2. The molecule has 1 fully saturated rings. The smallest absolute Gasteiger partial charge is 0.351 e. The largest absolute Gasteiger partial charge is 0.394 e. The van der Waals surface area contributed by atoms with E-state index in [-0.39, 0.29) is 5.82 Å². The third kappa shape index (κ3) is 2.03. The van der Waals surface area contributed by atoms with Gasteiger partial charge in [0.2, 0.25) is 0 Å². The third-order valence-corrected chi connectivity index (χ3v) is 2.64. The second kappa shape index (κ2) is 4.41. The van der Waals surface area contributed by atoms with E-state index in [2.05, 4.69) is 4.98 Å². The minimum Gasteiger partial charge on any atom is -0.394 e. The fourth-order valence-corrected chi connectivity index (χ4v) is 1.73. The van der Waals surface area contributed by atoms with Crippen LogP contribution in [-0.2, 0) is 4.74 Å². The normalized spacial score (nSPS) is 32.9. The van der Waals surface area contributed by atoms with Crippen molar-refractivity contribution in [2.75, 3.05) is 12.3 Å². The number of hydrogen-bond donors (Lipinski definition) is 4. The molecule has 17 heavy (non-hydrogen) atoms. The number of aliphatic hydroxyl groups excluding tert-OH is 3. The van der Waals surface area contributed by atoms with E-state index in [0.717, 1.165) is 4.57 Å². The average molecular weight is 243 g/mol. The number of aromatic nitrogens is 2. The first kappa shape index (κ1) is 12.0. The fraction of sp³-hybridized carbons (Fsp3) is 0.556. The Morgan fingerprint density at radius 3 is 2.71 bits per heavy atom. The molecule has 8 nitrogen and oxygen atoms in total. The van der Waals surface area contributed by atoms with Crippen molar-refractivity contribution in [1.29, 1.82) is 0 Å². The topological polar surface area (TPSA) is 131 Å². The molecule has 0 saturated carbocycles. The molecule has 0 amide bonds. The summed E-state index contributed by atoms with van der Waals surface area (Å²) in [7, 11) is 0. The highest BCUT2D eigenvalue weighted by molar-refractivity contribution is 5.23. The molecule has 1 aromatic rings. The lowest BCUT2D eigenvalue weighted by molar-refractivity contribution is -0.0549. The van der Waals surface area contributed by atoms with Crippen LogP contribution < -0.4 is 11.4 Å². The first-order chi connectivity index (χ1) is 8.04. The summed E-state index contributed by atoms with van der Waals surface area (Å²) in [5.41, 5.74) is 4.63. The summed E-state index contributed by atoms with van der Waals surface area (Å²) in [6, 6.07) is 1.37. The molecule has 1 unspecified atom stereocenters. The van der Waals surface area contributed by atoms with Gasteiger partial charge in [0.15, 0.2) is 6.23 Å². The molecular formula is C9H13N3O5. The summed E-state index contributed by atoms with van der Waals surface area (Å²) in [6.45, 7) is -0.453. The van der Waals surface area contributed by atoms with Gasteiger partial charge in [-0.1, -0.05) is 0 Å². The summed E-state index contributed by atoms with van der Waals surface area (Å²) < 4.78 is 6.19. The number of hydrogen-bond acceptors (Lipinski definition) is 7. The minimum absolute atomic E-state index is 0.0537. The Kier molecular flexibility index (Phi) is 3.11. The van der Waals surface area contributed by atoms with E-state index in [1.165, 1.54) is 12.3 Å². The fourth-order valence-electron chi connectivity index (χ4n) is 1.73. The Balaban J connectivity index is 2.32. The van der Waals surface area contributed by atoms with Crippen molar-refractivity contribution < 1.29 is 20.1 Å². The number of nitrogens with two attached hydrogens (primary N) is 1. The molecular weight excluding hydrogens is 230 g/mol. The molecule has 4 atom stereocenters. The molecule has 0 bridgehead atoms. The van der Waals surface area contributed by atoms with E-state index in [0.29, 0.717) is 0 Å². The van der Waals surface area contributed by atoms with E-state index >= 15 is 0 Å². The van der Waals surface area contributed by atoms with Crippen LogP contribution in [0.15, 0.2) is 17.1 Å². The van der Waals surface area contributed by atoms with Gasteiger partial charge in [0.25, 0.3) is 0 Å². The van der Waals surface area contributed by atoms with Gasteiger partial charge in [-0.25, -0.2) is 4.79 Å². The average Bonchev–Trinajstić information content (AvgIpc) is 2.57. The highest BCUT2D eigenvalue weighted by Gasteiger charge is 2.43. The van der Waals surface area contributed by atoms with Gasteiger partial charge in [0.05, 0.1) is 6.61 Å². The van der Waals surface area contributed by atoms with Crippen molar-refractivity contribution >= 4 is 5.82 Å². The number of nitrogen functional groups attached to an aromatic ring is 1. The number of aliphatic hydroxyl groups is 3. The van der Waals surface area contributed by atoms with Gasteiger partial charge in [0.1, 0.15) is 24.1 Å². The van der Waals surface area contributed by atoms with Crippen LogP contribution in [0.5, 0.6) is 0 Å². The first-order valence-electron chi connectivity index (χ1n) is 5.01. The maximum atomic E-state index is 11.5. The summed E-state index contributed by atoms with van der Waals surface area (Å²) in [6.07, 6.45) is -3.27. The number of nitrogens with zero attached hydrogens (tertiary/aromatic N) is 2. The lowest BCUT2D eigenvalue weighted by Gasteiger charge is -2.16. The van der Waals surface area contributed by atoms with E-state index in [1.54, 1.807) is 0 Å². The molecule has 1 saturated heterocycles. The van der Waals surface area contributed by atoms with Crippen LogP contribution in [0.3, 0.4) is 0 Å². The van der Waals surface area contributed by atoms with Crippen molar-refractivity contribution in [3.63, 3.8) is 0 Å². The molecule has 94 valence electrons. The highest BCUT2D eigenvalue weighted by atomic mass is 16.6. The first-order valence-corrected chi connectivity index (χ1v) is 5.01. The summed E-state index contributed by atoms with van der Waals surface area (Å²) in [4.78, 5) is 15.0. The third-order valence-electron chi connectivity index (χ3n) is 2.64. The second-order valence-electron chi connectivity index (χ2n) is 3.77. The van der Waals surface area contributed by atoms with Crippen LogP contribution in [0.1, 0.15) is 6.23 Å². The monoisotopic (exact) mass is 243 g/mol. The van der Waals surface area contributed by atoms with Gasteiger partial charge in [-0.15, -0.1) is 0 Å². The standard InChI is InChI=1S/C9H13N3O5/c10-5-1-2-12(9(16)11-5)8-7(15)6(14)4(3-13)17-8/h1-2,4,6-8,13-15H,3H2,(H2,10,11,16)/t4-,6?,7+,8-/m1/s1. The molecule has 0 aliphatic carbocycles. The Hall–Kier alpha value is -1.48. The van der Waals surface area contributed by atoms with Crippen LogP contribution >= 0.6 is 0 Å². The Morgan fingerprint density at radius 1 is 1.47 bits per heavy atom. The van der Waals surface area contributed by atoms with Gasteiger partial charge in [-0.2, -0.15) is 4.98 Å². The summed E-state index contributed by atoms with van der Waals surface area (Å²) in [5.74, 6) is 0.0537. The molecule has 0 aromatic carbocycles. The SMILES string of the molecule is Nc1ccn([C@@H]2O[C@H](CO)C(O)[C@@H]2O)c(=O)n1. The van der Waals surface area contributed by atoms with Crippen molar-refractivity contribution in [2.24, 2.45) is 0 Å². The molecule has 8 heteroatoms. The molecule has 1 aliphatic rings. The van der Waals surface area contributed by atoms with E-state index in [1.807, 2.05) is 0 Å². The molecule has 0 spiro atoms. The van der Waals surface area contributed by atoms with Crippen molar-refractivity contribution in [3.05, 3.63) is 22.7 Å². The molecule has 2 heterocycles. The van der Waals surface area contributed by atoms with Gasteiger partial charge in [0, 0.05) is 6.20 Å². The Bertz CT molecular complexity index is 462. The minimum atomic E-state index is -1.31. The predicted molar refractivity (Wildman–Crippen MR) is 55.9 cm³/mol. The number of anilines is 1. The molecule has 1 aliphatic heterocycles. The quantitative estimate of drug-likeness (QED) is 0.449. The van der Waals surface area contributed by atoms with Crippen molar-refractivity contribution in [2.45, 2.75) is 24.5 Å². The molecule has 5 N–H and O–H groups in total. The zero-order valence-corrected chi connectivity index (χ0v) is 8.80. The van der Waals surface area contributed by atoms with Crippen LogP contribution in [0.2, 0.25) is 0 Å². The predicted octanol–water partition coefficient (Wildman–Crippen LogP) is -2.56. The molecule has 2 rings (SSSR count). The number of ether oxygens (including phenoxy) is 1. The van der Waals surface area contributed by atoms with Crippen LogP contribution in [0, 0.1) is 0 Å². The van der Waals surface area contributed by atoms with Crippen LogP contribution in [0.25, 0.3) is 0 Å². The Morgan fingerprint density at radius 2 is 2.18 bits per heavy atom. The van der Waals surface area contributed by atoms with Crippen LogP contribution in [-0.4, -0.2) is 49.8 Å². The van der Waals surface area contributed by atoms with Gasteiger partial charge < -0.3 is 25.8 Å². The maximum Gasteiger partial charge on any atom is 0.351 e. The lowest BCUT2D eigenvalue weighted by Crippen LogP contribution is -2.36. The Labute approximate surface area is 95.9 Å². The van der Waals surface area contributed by atoms with Gasteiger partial charge in [-0.05, 0) is 6.07 Å². The van der Waals surface area contributed by atoms with Crippen LogP contribution in [0.4, 0.5) is 5.82 Å². The van der Waals surface area contributed by atoms with Gasteiger partial charge >= 0.3 is 5.69 Å². The van der Waals surface area contributed by atoms with E-state index in [4.69, 9.17) is 15.6 Å².